The third-order valence-corrected chi connectivity index (χ3v) is 3.35. The van der Waals surface area contributed by atoms with Gasteiger partial charge < -0.3 is 4.57 Å². The molecule has 1 aromatic carbocycles. The molecule has 2 heterocycles. The zero-order valence-corrected chi connectivity index (χ0v) is 11.7. The summed E-state index contributed by atoms with van der Waals surface area (Å²) in [6, 6.07) is 13.9. The molecule has 0 unspecified atom stereocenters. The molecule has 0 amide bonds. The monoisotopic (exact) mass is 274 g/mol. The first-order chi connectivity index (χ1) is 10.3. The van der Waals surface area contributed by atoms with Crippen molar-refractivity contribution in [3.05, 3.63) is 60.2 Å². The number of aromatic nitrogens is 3. The molecule has 0 aliphatic rings. The van der Waals surface area contributed by atoms with E-state index in [-0.39, 0.29) is 0 Å². The van der Waals surface area contributed by atoms with E-state index < -0.39 is 0 Å². The van der Waals surface area contributed by atoms with Crippen LogP contribution < -0.4 is 0 Å². The number of rotatable bonds is 3. The SMILES string of the molecule is CCn1c(/C(C#N)=C/c2ccncc2)nc2ccccc21. The number of hydrogen-bond donors (Lipinski definition) is 0. The lowest BCUT2D eigenvalue weighted by Crippen LogP contribution is -2.00. The minimum absolute atomic E-state index is 0.555. The second kappa shape index (κ2) is 5.59. The molecule has 21 heavy (non-hydrogen) atoms. The standard InChI is InChI=1S/C17H14N4/c1-2-21-16-6-4-3-5-15(16)20-17(21)14(12-18)11-13-7-9-19-10-8-13/h3-11H,2H2,1H3/b14-11+. The van der Waals surface area contributed by atoms with Crippen molar-refractivity contribution >= 4 is 22.7 Å². The molecule has 4 nitrogen and oxygen atoms in total. The van der Waals surface area contributed by atoms with E-state index >= 15 is 0 Å². The molecule has 0 radical (unpaired) electrons. The molecule has 102 valence electrons. The van der Waals surface area contributed by atoms with Crippen LogP contribution in [-0.4, -0.2) is 14.5 Å². The fourth-order valence-electron chi connectivity index (χ4n) is 2.37. The highest BCUT2D eigenvalue weighted by molar-refractivity contribution is 5.90. The maximum absolute atomic E-state index is 9.50. The van der Waals surface area contributed by atoms with Crippen LogP contribution in [0.5, 0.6) is 0 Å². The number of fused-ring (bicyclic) bond motifs is 1. The quantitative estimate of drug-likeness (QED) is 0.687. The average Bonchev–Trinajstić information content (AvgIpc) is 2.92. The summed E-state index contributed by atoms with van der Waals surface area (Å²) in [6.07, 6.45) is 5.27. The topological polar surface area (TPSA) is 54.5 Å². The molecule has 0 N–H and O–H groups in total. The van der Waals surface area contributed by atoms with E-state index in [1.165, 1.54) is 0 Å². The van der Waals surface area contributed by atoms with Crippen molar-refractivity contribution in [3.8, 4) is 6.07 Å². The molecular weight excluding hydrogens is 260 g/mol. The maximum Gasteiger partial charge on any atom is 0.151 e. The Morgan fingerprint density at radius 3 is 2.71 bits per heavy atom. The molecule has 0 aliphatic heterocycles. The first-order valence-electron chi connectivity index (χ1n) is 6.81. The summed E-state index contributed by atoms with van der Waals surface area (Å²) >= 11 is 0. The Labute approximate surface area is 123 Å². The lowest BCUT2D eigenvalue weighted by molar-refractivity contribution is 0.775. The molecule has 0 saturated heterocycles. The van der Waals surface area contributed by atoms with Crippen LogP contribution in [0.3, 0.4) is 0 Å². The summed E-state index contributed by atoms with van der Waals surface area (Å²) in [5.74, 6) is 0.706. The Kier molecular flexibility index (Phi) is 3.48. The van der Waals surface area contributed by atoms with Crippen LogP contribution in [0.1, 0.15) is 18.3 Å². The molecular formula is C17H14N4. The van der Waals surface area contributed by atoms with E-state index in [4.69, 9.17) is 0 Å². The summed E-state index contributed by atoms with van der Waals surface area (Å²) in [4.78, 5) is 8.59. The Morgan fingerprint density at radius 1 is 1.24 bits per heavy atom. The van der Waals surface area contributed by atoms with Crippen LogP contribution in [0, 0.1) is 11.3 Å². The van der Waals surface area contributed by atoms with Crippen LogP contribution in [0.4, 0.5) is 0 Å². The van der Waals surface area contributed by atoms with Crippen molar-refractivity contribution in [2.24, 2.45) is 0 Å². The summed E-state index contributed by atoms with van der Waals surface area (Å²) in [6.45, 7) is 2.82. The maximum atomic E-state index is 9.50. The highest BCUT2D eigenvalue weighted by atomic mass is 15.1. The summed E-state index contributed by atoms with van der Waals surface area (Å²) in [5, 5.41) is 9.50. The fraction of sp³-hybridized carbons (Fsp3) is 0.118. The van der Waals surface area contributed by atoms with Gasteiger partial charge in [-0.05, 0) is 42.8 Å². The molecule has 3 aromatic rings. The van der Waals surface area contributed by atoms with Gasteiger partial charge in [-0.3, -0.25) is 4.98 Å². The molecule has 0 aliphatic carbocycles. The molecule has 4 heteroatoms. The zero-order valence-electron chi connectivity index (χ0n) is 11.7. The van der Waals surface area contributed by atoms with Gasteiger partial charge in [0.1, 0.15) is 6.07 Å². The molecule has 2 aromatic heterocycles. The number of pyridine rings is 1. The summed E-state index contributed by atoms with van der Waals surface area (Å²) < 4.78 is 2.06. The second-order valence-corrected chi connectivity index (χ2v) is 4.62. The number of para-hydroxylation sites is 2. The predicted molar refractivity (Wildman–Crippen MR) is 83.1 cm³/mol. The van der Waals surface area contributed by atoms with Gasteiger partial charge in [0.15, 0.2) is 5.82 Å². The number of imidazole rings is 1. The fourth-order valence-corrected chi connectivity index (χ4v) is 2.37. The van der Waals surface area contributed by atoms with Gasteiger partial charge in [0.25, 0.3) is 0 Å². The smallest absolute Gasteiger partial charge is 0.151 e. The highest BCUT2D eigenvalue weighted by Gasteiger charge is 2.13. The number of nitrogens with zero attached hydrogens (tertiary/aromatic N) is 4. The van der Waals surface area contributed by atoms with Crippen LogP contribution in [0.2, 0.25) is 0 Å². The molecule has 0 bridgehead atoms. The van der Waals surface area contributed by atoms with E-state index in [0.717, 1.165) is 23.1 Å². The van der Waals surface area contributed by atoms with E-state index in [0.29, 0.717) is 11.4 Å². The molecule has 0 atom stereocenters. The van der Waals surface area contributed by atoms with Crippen LogP contribution in [0.25, 0.3) is 22.7 Å². The minimum Gasteiger partial charge on any atom is -0.324 e. The number of allylic oxidation sites excluding steroid dienone is 1. The van der Waals surface area contributed by atoms with Crippen LogP contribution in [0.15, 0.2) is 48.8 Å². The lowest BCUT2D eigenvalue weighted by Gasteiger charge is -2.04. The third kappa shape index (κ3) is 2.41. The van der Waals surface area contributed by atoms with Gasteiger partial charge in [0.05, 0.1) is 16.6 Å². The van der Waals surface area contributed by atoms with Crippen LogP contribution in [-0.2, 0) is 6.54 Å². The van der Waals surface area contributed by atoms with Crippen molar-refractivity contribution < 1.29 is 0 Å². The zero-order chi connectivity index (χ0) is 14.7. The van der Waals surface area contributed by atoms with Gasteiger partial charge in [-0.2, -0.15) is 5.26 Å². The predicted octanol–water partition coefficient (Wildman–Crippen LogP) is 3.52. The van der Waals surface area contributed by atoms with Gasteiger partial charge in [-0.15, -0.1) is 0 Å². The van der Waals surface area contributed by atoms with Crippen molar-refractivity contribution in [1.29, 1.82) is 5.26 Å². The van der Waals surface area contributed by atoms with E-state index in [9.17, 15) is 5.26 Å². The first-order valence-corrected chi connectivity index (χ1v) is 6.81. The van der Waals surface area contributed by atoms with Crippen molar-refractivity contribution in [3.63, 3.8) is 0 Å². The largest absolute Gasteiger partial charge is 0.324 e. The van der Waals surface area contributed by atoms with Gasteiger partial charge in [-0.1, -0.05) is 12.1 Å². The van der Waals surface area contributed by atoms with Gasteiger partial charge in [0.2, 0.25) is 0 Å². The number of hydrogen-bond acceptors (Lipinski definition) is 3. The Balaban J connectivity index is 2.18. The molecule has 0 spiro atoms. The normalized spacial score (nSPS) is 11.5. The van der Waals surface area contributed by atoms with E-state index in [2.05, 4.69) is 27.5 Å². The molecule has 3 rings (SSSR count). The lowest BCUT2D eigenvalue weighted by atomic mass is 10.1. The first kappa shape index (κ1) is 13.1. The third-order valence-electron chi connectivity index (χ3n) is 3.35. The van der Waals surface area contributed by atoms with E-state index in [1.54, 1.807) is 12.4 Å². The van der Waals surface area contributed by atoms with Gasteiger partial charge in [-0.25, -0.2) is 4.98 Å². The van der Waals surface area contributed by atoms with Crippen LogP contribution >= 0.6 is 0 Å². The number of benzene rings is 1. The Bertz CT molecular complexity index is 838. The molecule has 0 saturated carbocycles. The van der Waals surface area contributed by atoms with Gasteiger partial charge in [0, 0.05) is 18.9 Å². The van der Waals surface area contributed by atoms with Gasteiger partial charge >= 0.3 is 0 Å². The second-order valence-electron chi connectivity index (χ2n) is 4.62. The van der Waals surface area contributed by atoms with E-state index in [1.807, 2.05) is 42.5 Å². The number of aryl methyl sites for hydroxylation is 1. The molecule has 0 fully saturated rings. The minimum atomic E-state index is 0.555. The van der Waals surface area contributed by atoms with Crippen molar-refractivity contribution in [1.82, 2.24) is 14.5 Å². The Hall–Kier alpha value is -2.93. The Morgan fingerprint density at radius 2 is 2.00 bits per heavy atom. The van der Waals surface area contributed by atoms with Crippen molar-refractivity contribution in [2.75, 3.05) is 0 Å². The highest BCUT2D eigenvalue weighted by Crippen LogP contribution is 2.22. The summed E-state index contributed by atoms with van der Waals surface area (Å²) in [7, 11) is 0. The summed E-state index contributed by atoms with van der Waals surface area (Å²) in [5.41, 5.74) is 3.45. The van der Waals surface area contributed by atoms with Crippen molar-refractivity contribution in [2.45, 2.75) is 13.5 Å². The number of nitriles is 1. The average molecular weight is 274 g/mol.